The number of carbonyl (C=O) groups excluding carboxylic acids is 2. The minimum absolute atomic E-state index is 0.124. The summed E-state index contributed by atoms with van der Waals surface area (Å²) in [5, 5.41) is 13.4. The van der Waals surface area contributed by atoms with Gasteiger partial charge in [-0.05, 0) is 37.8 Å². The molecule has 1 saturated carbocycles. The van der Waals surface area contributed by atoms with Crippen LogP contribution in [-0.4, -0.2) is 50.5 Å². The first-order valence-electron chi connectivity index (χ1n) is 8.22. The van der Waals surface area contributed by atoms with Gasteiger partial charge in [-0.2, -0.15) is 0 Å². The van der Waals surface area contributed by atoms with Crippen LogP contribution in [0.3, 0.4) is 0 Å². The predicted molar refractivity (Wildman–Crippen MR) is 90.8 cm³/mol. The van der Waals surface area contributed by atoms with E-state index in [2.05, 4.69) is 5.32 Å². The third-order valence-corrected chi connectivity index (χ3v) is 4.64. The van der Waals surface area contributed by atoms with E-state index in [9.17, 15) is 14.7 Å². The largest absolute Gasteiger partial charge is 0.497 e. The lowest BCUT2D eigenvalue weighted by molar-refractivity contribution is -0.148. The number of amides is 1. The van der Waals surface area contributed by atoms with E-state index in [1.165, 1.54) is 21.3 Å². The van der Waals surface area contributed by atoms with Crippen molar-refractivity contribution in [2.75, 3.05) is 27.9 Å². The van der Waals surface area contributed by atoms with E-state index in [0.717, 1.165) is 0 Å². The smallest absolute Gasteiger partial charge is 0.308 e. The van der Waals surface area contributed by atoms with Crippen LogP contribution in [0.1, 0.15) is 36.0 Å². The number of methoxy groups -OCH3 is 3. The second-order valence-electron chi connectivity index (χ2n) is 6.31. The van der Waals surface area contributed by atoms with Crippen molar-refractivity contribution in [1.82, 2.24) is 5.32 Å². The Labute approximate surface area is 147 Å². The van der Waals surface area contributed by atoms with Crippen molar-refractivity contribution in [3.63, 3.8) is 0 Å². The summed E-state index contributed by atoms with van der Waals surface area (Å²) in [5.74, 6) is 0.294. The standard InChI is InChI=1S/C18H25NO6/c1-23-14-8-13(9-15(10-14)24-2)16(20)19-11-18(22)6-4-12(5-7-18)17(21)25-3/h8-10,12,22H,4-7,11H2,1-3H3,(H,19,20). The van der Waals surface area contributed by atoms with E-state index in [1.54, 1.807) is 18.2 Å². The highest BCUT2D eigenvalue weighted by molar-refractivity contribution is 5.95. The quantitative estimate of drug-likeness (QED) is 0.755. The van der Waals surface area contributed by atoms with E-state index in [1.807, 2.05) is 0 Å². The molecule has 1 aliphatic rings. The summed E-state index contributed by atoms with van der Waals surface area (Å²) in [6.07, 6.45) is 1.97. The van der Waals surface area contributed by atoms with Crippen LogP contribution in [0, 0.1) is 5.92 Å². The Hall–Kier alpha value is -2.28. The molecule has 1 amide bonds. The number of benzene rings is 1. The second kappa shape index (κ2) is 8.20. The van der Waals surface area contributed by atoms with Gasteiger partial charge in [0.15, 0.2) is 0 Å². The molecule has 2 rings (SSSR count). The first-order chi connectivity index (χ1) is 11.9. The predicted octanol–water partition coefficient (Wildman–Crippen LogP) is 1.53. The fourth-order valence-electron chi connectivity index (χ4n) is 3.02. The van der Waals surface area contributed by atoms with Crippen LogP contribution in [0.25, 0.3) is 0 Å². The fourth-order valence-corrected chi connectivity index (χ4v) is 3.02. The Morgan fingerprint density at radius 3 is 2.16 bits per heavy atom. The molecule has 0 spiro atoms. The van der Waals surface area contributed by atoms with Gasteiger partial charge in [-0.15, -0.1) is 0 Å². The zero-order chi connectivity index (χ0) is 18.4. The maximum absolute atomic E-state index is 12.4. The van der Waals surface area contributed by atoms with Crippen LogP contribution in [-0.2, 0) is 9.53 Å². The molecular weight excluding hydrogens is 326 g/mol. The van der Waals surface area contributed by atoms with Gasteiger partial charge in [0.2, 0.25) is 0 Å². The van der Waals surface area contributed by atoms with Crippen LogP contribution >= 0.6 is 0 Å². The average molecular weight is 351 g/mol. The van der Waals surface area contributed by atoms with Crippen molar-refractivity contribution in [2.45, 2.75) is 31.3 Å². The van der Waals surface area contributed by atoms with Crippen molar-refractivity contribution in [3.8, 4) is 11.5 Å². The summed E-state index contributed by atoms with van der Waals surface area (Å²) in [4.78, 5) is 23.9. The number of aliphatic hydroxyl groups is 1. The van der Waals surface area contributed by atoms with Crippen molar-refractivity contribution in [1.29, 1.82) is 0 Å². The first kappa shape index (κ1) is 19.1. The van der Waals surface area contributed by atoms with Crippen LogP contribution in [0.5, 0.6) is 11.5 Å². The summed E-state index contributed by atoms with van der Waals surface area (Å²) in [6.45, 7) is 0.124. The number of nitrogens with one attached hydrogen (secondary N) is 1. The van der Waals surface area contributed by atoms with Gasteiger partial charge in [0, 0.05) is 18.2 Å². The zero-order valence-electron chi connectivity index (χ0n) is 14.8. The highest BCUT2D eigenvalue weighted by Gasteiger charge is 2.36. The van der Waals surface area contributed by atoms with Gasteiger partial charge in [-0.3, -0.25) is 9.59 Å². The SMILES string of the molecule is COC(=O)C1CCC(O)(CNC(=O)c2cc(OC)cc(OC)c2)CC1. The molecule has 0 radical (unpaired) electrons. The molecule has 0 aliphatic heterocycles. The van der Waals surface area contributed by atoms with Gasteiger partial charge >= 0.3 is 5.97 Å². The molecule has 1 fully saturated rings. The summed E-state index contributed by atoms with van der Waals surface area (Å²) in [7, 11) is 4.39. The van der Waals surface area contributed by atoms with E-state index >= 15 is 0 Å². The van der Waals surface area contributed by atoms with Gasteiger partial charge in [-0.1, -0.05) is 0 Å². The third-order valence-electron chi connectivity index (χ3n) is 4.64. The van der Waals surface area contributed by atoms with Gasteiger partial charge in [0.1, 0.15) is 11.5 Å². The molecule has 7 nitrogen and oxygen atoms in total. The van der Waals surface area contributed by atoms with Gasteiger partial charge in [0.25, 0.3) is 5.91 Å². The Morgan fingerprint density at radius 2 is 1.68 bits per heavy atom. The lowest BCUT2D eigenvalue weighted by Gasteiger charge is -2.35. The lowest BCUT2D eigenvalue weighted by atomic mass is 9.78. The highest BCUT2D eigenvalue weighted by Crippen LogP contribution is 2.32. The van der Waals surface area contributed by atoms with Crippen molar-refractivity contribution in [2.24, 2.45) is 5.92 Å². The van der Waals surface area contributed by atoms with Gasteiger partial charge in [0.05, 0.1) is 32.8 Å². The number of esters is 1. The van der Waals surface area contributed by atoms with Crippen LogP contribution in [0.15, 0.2) is 18.2 Å². The Kier molecular flexibility index (Phi) is 6.25. The molecule has 1 aromatic carbocycles. The van der Waals surface area contributed by atoms with Crippen LogP contribution in [0.4, 0.5) is 0 Å². The summed E-state index contributed by atoms with van der Waals surface area (Å²) < 4.78 is 15.1. The maximum Gasteiger partial charge on any atom is 0.308 e. The number of rotatable bonds is 6. The lowest BCUT2D eigenvalue weighted by Crippen LogP contribution is -2.46. The molecule has 7 heteroatoms. The summed E-state index contributed by atoms with van der Waals surface area (Å²) in [6, 6.07) is 4.89. The van der Waals surface area contributed by atoms with E-state index in [0.29, 0.717) is 42.7 Å². The minimum atomic E-state index is -1.01. The summed E-state index contributed by atoms with van der Waals surface area (Å²) >= 11 is 0. The number of hydrogen-bond acceptors (Lipinski definition) is 6. The summed E-state index contributed by atoms with van der Waals surface area (Å²) in [5.41, 5.74) is -0.619. The molecular formula is C18H25NO6. The van der Waals surface area contributed by atoms with Gasteiger partial charge < -0.3 is 24.6 Å². The van der Waals surface area contributed by atoms with Crippen molar-refractivity contribution < 1.29 is 28.9 Å². The minimum Gasteiger partial charge on any atom is -0.497 e. The second-order valence-corrected chi connectivity index (χ2v) is 6.31. The molecule has 0 heterocycles. The molecule has 25 heavy (non-hydrogen) atoms. The van der Waals surface area contributed by atoms with Gasteiger partial charge in [-0.25, -0.2) is 0 Å². The molecule has 0 unspecified atom stereocenters. The molecule has 0 aromatic heterocycles. The van der Waals surface area contributed by atoms with E-state index in [4.69, 9.17) is 14.2 Å². The Bertz CT molecular complexity index is 600. The fraction of sp³-hybridized carbons (Fsp3) is 0.556. The highest BCUT2D eigenvalue weighted by atomic mass is 16.5. The molecule has 1 aromatic rings. The van der Waals surface area contributed by atoms with Crippen LogP contribution < -0.4 is 14.8 Å². The topological polar surface area (TPSA) is 94.1 Å². The van der Waals surface area contributed by atoms with E-state index in [-0.39, 0.29) is 24.3 Å². The maximum atomic E-state index is 12.4. The molecule has 2 N–H and O–H groups in total. The molecule has 1 aliphatic carbocycles. The third kappa shape index (κ3) is 4.85. The zero-order valence-corrected chi connectivity index (χ0v) is 14.8. The van der Waals surface area contributed by atoms with E-state index < -0.39 is 5.60 Å². The number of ether oxygens (including phenoxy) is 3. The number of carbonyl (C=O) groups is 2. The van der Waals surface area contributed by atoms with Crippen molar-refractivity contribution in [3.05, 3.63) is 23.8 Å². The average Bonchev–Trinajstić information content (AvgIpc) is 2.65. The molecule has 0 bridgehead atoms. The van der Waals surface area contributed by atoms with Crippen molar-refractivity contribution >= 4 is 11.9 Å². The monoisotopic (exact) mass is 351 g/mol. The van der Waals surface area contributed by atoms with Crippen LogP contribution in [0.2, 0.25) is 0 Å². The number of hydrogen-bond donors (Lipinski definition) is 2. The molecule has 0 saturated heterocycles. The first-order valence-corrected chi connectivity index (χ1v) is 8.22. The Morgan fingerprint density at radius 1 is 1.12 bits per heavy atom. The normalized spacial score (nSPS) is 22.8. The molecule has 138 valence electrons. The molecule has 0 atom stereocenters. The Balaban J connectivity index is 1.95.